The first-order valence-electron chi connectivity index (χ1n) is 35.6. The molecule has 2 aliphatic heterocycles. The fourth-order valence-corrected chi connectivity index (χ4v) is 28.0. The molecule has 0 bridgehead atoms. The molecule has 1 spiro atoms. The molecule has 0 aromatic rings. The van der Waals surface area contributed by atoms with Gasteiger partial charge in [0, 0.05) is 52.2 Å². The van der Waals surface area contributed by atoms with Crippen LogP contribution in [0.3, 0.4) is 0 Å². The van der Waals surface area contributed by atoms with Crippen molar-refractivity contribution in [3.05, 3.63) is 47.0 Å². The predicted molar refractivity (Wildman–Crippen MR) is 332 cm³/mol. The summed E-state index contributed by atoms with van der Waals surface area (Å²) in [6.45, 7) is 10.4. The first-order chi connectivity index (χ1) is 39.8. The van der Waals surface area contributed by atoms with Gasteiger partial charge in [0.2, 0.25) is 0 Å². The number of alkyl halides is 3. The van der Waals surface area contributed by atoms with Gasteiger partial charge in [-0.25, -0.2) is 0 Å². The molecule has 0 amide bonds. The Morgan fingerprint density at radius 1 is 0.561 bits per heavy atom. The Bertz CT molecular complexity index is 2470. The van der Waals surface area contributed by atoms with E-state index in [0.717, 1.165) is 42.4 Å². The maximum absolute atomic E-state index is 14.9. The van der Waals surface area contributed by atoms with Crippen LogP contribution < -0.4 is 0 Å². The first-order valence-corrected chi connectivity index (χ1v) is 38.2. The molecule has 4 nitrogen and oxygen atoms in total. The van der Waals surface area contributed by atoms with Gasteiger partial charge in [-0.2, -0.15) is 36.7 Å². The molecule has 15 rings (SSSR count). The van der Waals surface area contributed by atoms with Crippen molar-refractivity contribution < 1.29 is 22.6 Å². The van der Waals surface area contributed by atoms with E-state index in [1.54, 1.807) is 5.70 Å². The van der Waals surface area contributed by atoms with Crippen molar-refractivity contribution >= 4 is 23.5 Å². The van der Waals surface area contributed by atoms with Crippen molar-refractivity contribution in [2.45, 2.75) is 286 Å². The first kappa shape index (κ1) is 57.4. The Labute approximate surface area is 504 Å². The number of hydrogen-bond acceptors (Lipinski definition) is 6. The van der Waals surface area contributed by atoms with Crippen LogP contribution in [0.25, 0.3) is 0 Å². The lowest BCUT2D eigenvalue weighted by Crippen LogP contribution is -2.64. The van der Waals surface area contributed by atoms with E-state index < -0.39 is 12.1 Å². The van der Waals surface area contributed by atoms with Crippen LogP contribution in [0.2, 0.25) is 0 Å². The summed E-state index contributed by atoms with van der Waals surface area (Å²) >= 11 is 4.14. The van der Waals surface area contributed by atoms with E-state index in [-0.39, 0.29) is 23.5 Å². The predicted octanol–water partition coefficient (Wildman–Crippen LogP) is 19.0. The minimum absolute atomic E-state index is 0.0274. The van der Waals surface area contributed by atoms with Crippen molar-refractivity contribution in [1.82, 2.24) is 9.80 Å². The van der Waals surface area contributed by atoms with Gasteiger partial charge in [0.1, 0.15) is 11.9 Å². The molecule has 0 N–H and O–H groups in total. The summed E-state index contributed by atoms with van der Waals surface area (Å²) in [6.07, 6.45) is 49.7. The Morgan fingerprint density at radius 3 is 2.12 bits per heavy atom. The van der Waals surface area contributed by atoms with E-state index in [1.165, 1.54) is 173 Å². The largest absolute Gasteiger partial charge is 0.491 e. The molecule has 2 saturated heterocycles. The molecule has 13 aliphatic carbocycles. The summed E-state index contributed by atoms with van der Waals surface area (Å²) in [5.41, 5.74) is 5.93. The highest BCUT2D eigenvalue weighted by atomic mass is 32.2. The smallest absolute Gasteiger partial charge is 0.391 e. The second-order valence-corrected chi connectivity index (χ2v) is 34.3. The SMILES string of the molecule is CSC1CCCC2C3CCCC(N(C4CCC5C6C7CCCCC7=C(N(C7=C8OC9C(SC)CCC(C)C9C8CCC7)C7CC=CCC7)CC6C6(C7C=CCCC7C(C)(C)C7CCCCC76)C5C4)C4CCC(C(F)(F)F)CC4C)C3OC12. The molecule has 26 unspecified atom stereocenters. The molecule has 11 fully saturated rings. The Balaban J connectivity index is 0.874. The van der Waals surface area contributed by atoms with Gasteiger partial charge in [-0.05, 0) is 273 Å². The summed E-state index contributed by atoms with van der Waals surface area (Å²) in [6, 6.07) is 1.43. The number of allylic oxidation sites excluding steroid dienone is 7. The van der Waals surface area contributed by atoms with Crippen LogP contribution in [0.1, 0.15) is 227 Å². The molecule has 82 heavy (non-hydrogen) atoms. The van der Waals surface area contributed by atoms with Gasteiger partial charge < -0.3 is 14.4 Å². The maximum atomic E-state index is 14.9. The fraction of sp³-hybridized carbons (Fsp3) is 0.890. The Kier molecular flexibility index (Phi) is 15.7. The highest BCUT2D eigenvalue weighted by Crippen LogP contribution is 2.79. The third-order valence-electron chi connectivity index (χ3n) is 29.0. The minimum atomic E-state index is -4.11. The second kappa shape index (κ2) is 22.5. The molecule has 9 saturated carbocycles. The van der Waals surface area contributed by atoms with E-state index in [9.17, 15) is 13.2 Å². The molecule has 15 aliphatic rings. The van der Waals surface area contributed by atoms with Gasteiger partial charge in [-0.15, -0.1) is 0 Å². The topological polar surface area (TPSA) is 24.9 Å². The van der Waals surface area contributed by atoms with Crippen LogP contribution >= 0.6 is 23.5 Å². The van der Waals surface area contributed by atoms with Crippen LogP contribution in [-0.4, -0.2) is 81.5 Å². The van der Waals surface area contributed by atoms with Crippen LogP contribution in [0, 0.1) is 106 Å². The normalized spacial score (nSPS) is 50.3. The van der Waals surface area contributed by atoms with Gasteiger partial charge in [0.15, 0.2) is 0 Å². The summed E-state index contributed by atoms with van der Waals surface area (Å²) in [4.78, 5) is 6.30. The molecular formula is C73H109F3N2O2S2. The molecule has 9 heteroatoms. The number of thioether (sulfide) groups is 2. The molecule has 0 aromatic carbocycles. The summed E-state index contributed by atoms with van der Waals surface area (Å²) < 4.78 is 60.1. The molecule has 456 valence electrons. The van der Waals surface area contributed by atoms with Crippen molar-refractivity contribution in [2.24, 2.45) is 106 Å². The third-order valence-corrected chi connectivity index (χ3v) is 31.2. The van der Waals surface area contributed by atoms with Crippen molar-refractivity contribution in [2.75, 3.05) is 12.5 Å². The van der Waals surface area contributed by atoms with Crippen LogP contribution in [0.5, 0.6) is 0 Å². The zero-order chi connectivity index (χ0) is 56.0. The highest BCUT2D eigenvalue weighted by Gasteiger charge is 2.74. The van der Waals surface area contributed by atoms with Gasteiger partial charge in [0.25, 0.3) is 0 Å². The van der Waals surface area contributed by atoms with Crippen LogP contribution in [-0.2, 0) is 9.47 Å². The quantitative estimate of drug-likeness (QED) is 0.225. The molecule has 0 radical (unpaired) electrons. The molecular weight excluding hydrogens is 1060 g/mol. The Morgan fingerprint density at radius 2 is 1.33 bits per heavy atom. The molecule has 2 heterocycles. The van der Waals surface area contributed by atoms with E-state index in [1.807, 2.05) is 11.3 Å². The number of rotatable bonds is 8. The zero-order valence-electron chi connectivity index (χ0n) is 51.8. The maximum Gasteiger partial charge on any atom is 0.391 e. The second-order valence-electron chi connectivity index (χ2n) is 32.2. The number of halogens is 3. The fourth-order valence-electron chi connectivity index (χ4n) is 26.2. The lowest BCUT2D eigenvalue weighted by atomic mass is 9.36. The standard InChI is InChI=1S/C73H109F3N2O2S2/c1-42-33-38-64(82-6)70-65(42)52-25-17-31-61(68(52)80-70)77(45-19-8-7-9-20-45)62-41-58-66(48-22-11-10-21-47(48)62)51-36-35-46(40-57(51)72(58)55-28-14-12-26-53(55)71(3,4)54-27-13-15-29-56(54)72)78(59-37-34-44(39-43(59)2)73(74,75)76)60-30-16-23-49-50-24-18-32-63(81-5)69(50)79-67(49)60/h7-8,14,28,42-46,48-60,63-67,69-70H,9-13,15-27,29-41H2,1-6H3. The number of nitrogens with zero attached hydrogens (tertiary/aromatic N) is 2. The summed E-state index contributed by atoms with van der Waals surface area (Å²) in [7, 11) is 0. The summed E-state index contributed by atoms with van der Waals surface area (Å²) in [5, 5.41) is 1.17. The van der Waals surface area contributed by atoms with Crippen LogP contribution in [0.4, 0.5) is 13.2 Å². The van der Waals surface area contributed by atoms with E-state index in [2.05, 4.69) is 97.8 Å². The number of hydrogen-bond donors (Lipinski definition) is 0. The monoisotopic (exact) mass is 1170 g/mol. The lowest BCUT2D eigenvalue weighted by molar-refractivity contribution is -0.196. The Hall–Kier alpha value is -1.03. The van der Waals surface area contributed by atoms with Crippen LogP contribution in [0.15, 0.2) is 47.0 Å². The van der Waals surface area contributed by atoms with Gasteiger partial charge in [0.05, 0.1) is 23.8 Å². The van der Waals surface area contributed by atoms with Gasteiger partial charge >= 0.3 is 6.18 Å². The van der Waals surface area contributed by atoms with E-state index in [0.29, 0.717) is 119 Å². The average molecular weight is 1170 g/mol. The van der Waals surface area contributed by atoms with Crippen molar-refractivity contribution in [3.63, 3.8) is 0 Å². The molecule has 0 aromatic heterocycles. The molecule has 26 atom stereocenters. The zero-order valence-corrected chi connectivity index (χ0v) is 53.5. The van der Waals surface area contributed by atoms with Gasteiger partial charge in [-0.3, -0.25) is 4.90 Å². The van der Waals surface area contributed by atoms with Crippen molar-refractivity contribution in [3.8, 4) is 0 Å². The lowest BCUT2D eigenvalue weighted by Gasteiger charge is -2.68. The average Bonchev–Trinajstić information content (AvgIpc) is 1.93. The third kappa shape index (κ3) is 9.00. The van der Waals surface area contributed by atoms with Crippen molar-refractivity contribution in [1.29, 1.82) is 0 Å². The highest BCUT2D eigenvalue weighted by molar-refractivity contribution is 7.99. The van der Waals surface area contributed by atoms with E-state index >= 15 is 0 Å². The number of ether oxygens (including phenoxy) is 2. The van der Waals surface area contributed by atoms with E-state index in [4.69, 9.17) is 9.47 Å². The minimum Gasteiger partial charge on any atom is -0.491 e. The van der Waals surface area contributed by atoms with Gasteiger partial charge in [-0.1, -0.05) is 84.1 Å². The number of fused-ring (bicyclic) bond motifs is 17. The summed E-state index contributed by atoms with van der Waals surface area (Å²) in [5.74, 6) is 9.73.